The monoisotopic (exact) mass is 713 g/mol. The van der Waals surface area contributed by atoms with E-state index in [1.165, 1.54) is 7.11 Å². The molecule has 2 atom stereocenters. The number of carbonyl (C=O) groups is 4. The highest BCUT2D eigenvalue weighted by molar-refractivity contribution is 6.23. The molecule has 0 saturated heterocycles. The third-order valence-electron chi connectivity index (χ3n) is 11.1. The van der Waals surface area contributed by atoms with Crippen molar-refractivity contribution in [2.75, 3.05) is 7.11 Å². The maximum atomic E-state index is 14.0. The summed E-state index contributed by atoms with van der Waals surface area (Å²) in [5.74, 6) is -2.99. The van der Waals surface area contributed by atoms with Crippen molar-refractivity contribution in [3.05, 3.63) is 92.8 Å². The molecule has 0 spiro atoms. The Morgan fingerprint density at radius 3 is 2.23 bits per heavy atom. The average Bonchev–Trinajstić information content (AvgIpc) is 3.81. The minimum atomic E-state index is -1.04. The van der Waals surface area contributed by atoms with E-state index in [9.17, 15) is 24.3 Å². The van der Waals surface area contributed by atoms with Crippen LogP contribution in [0.5, 0.6) is 0 Å². The Kier molecular flexibility index (Phi) is 8.92. The number of aromatic carboxylic acids is 1. The third-order valence-corrected chi connectivity index (χ3v) is 11.1. The van der Waals surface area contributed by atoms with Crippen molar-refractivity contribution in [2.45, 2.75) is 79.6 Å². The molecule has 11 heteroatoms. The molecule has 0 aliphatic carbocycles. The zero-order valence-corrected chi connectivity index (χ0v) is 31.2. The first kappa shape index (κ1) is 35.6. The quantitative estimate of drug-likeness (QED) is 0.140. The minimum Gasteiger partial charge on any atom is -0.478 e. The predicted octanol–water partition coefficient (Wildman–Crippen LogP) is 8.36. The predicted molar refractivity (Wildman–Crippen MR) is 204 cm³/mol. The van der Waals surface area contributed by atoms with Gasteiger partial charge in [-0.05, 0) is 97.2 Å². The van der Waals surface area contributed by atoms with Crippen molar-refractivity contribution < 1.29 is 29.0 Å². The summed E-state index contributed by atoms with van der Waals surface area (Å²) in [6.07, 6.45) is 1.19. The third kappa shape index (κ3) is 5.75. The van der Waals surface area contributed by atoms with Crippen LogP contribution in [0.2, 0.25) is 0 Å². The molecule has 8 bridgehead atoms. The summed E-state index contributed by atoms with van der Waals surface area (Å²) in [6, 6.07) is 10.7. The average molecular weight is 714 g/mol. The van der Waals surface area contributed by atoms with Crippen molar-refractivity contribution in [3.8, 4) is 11.1 Å². The lowest BCUT2D eigenvalue weighted by atomic mass is 9.82. The number of hydrogen-bond acceptors (Lipinski definition) is 7. The van der Waals surface area contributed by atoms with E-state index in [1.807, 2.05) is 26.0 Å². The number of rotatable bonds is 7. The van der Waals surface area contributed by atoms with Crippen LogP contribution in [0.15, 0.2) is 36.4 Å². The fourth-order valence-corrected chi connectivity index (χ4v) is 8.40. The zero-order valence-electron chi connectivity index (χ0n) is 31.2. The van der Waals surface area contributed by atoms with Crippen molar-refractivity contribution in [1.82, 2.24) is 25.3 Å². The smallest absolute Gasteiger partial charge is 0.335 e. The molecule has 0 unspecified atom stereocenters. The van der Waals surface area contributed by atoms with Crippen molar-refractivity contribution in [2.24, 2.45) is 5.92 Å². The van der Waals surface area contributed by atoms with Crippen LogP contribution in [-0.2, 0) is 9.53 Å². The van der Waals surface area contributed by atoms with E-state index in [0.717, 1.165) is 68.3 Å². The number of fused-ring (bicyclic) bond motifs is 8. The van der Waals surface area contributed by atoms with Gasteiger partial charge in [-0.2, -0.15) is 0 Å². The topological polar surface area (TPSA) is 167 Å². The van der Waals surface area contributed by atoms with Crippen molar-refractivity contribution in [1.29, 1.82) is 0 Å². The SMILES string of the molecule is CCC1=C(C)c2cc3nc(c(-c4ccc(C(=O)O)cc4)c4[nH]c(c5c6[nH]c(cc1n2)c(C)c6C(=O)NC5=O)[C@@H](CCC(=O)OC)[C@@H]4C)C(C)=C3C(C)C. The molecule has 3 aromatic rings. The molecule has 6 heterocycles. The molecular weight excluding hydrogens is 670 g/mol. The Labute approximate surface area is 307 Å². The number of aryl methyl sites for hydroxylation is 1. The van der Waals surface area contributed by atoms with Gasteiger partial charge in [-0.15, -0.1) is 0 Å². The van der Waals surface area contributed by atoms with E-state index in [1.54, 1.807) is 24.3 Å². The van der Waals surface area contributed by atoms with Crippen LogP contribution in [0.25, 0.3) is 44.5 Å². The van der Waals surface area contributed by atoms with E-state index < -0.39 is 17.8 Å². The number of hydrogen-bond donors (Lipinski definition) is 4. The number of ether oxygens (including phenoxy) is 1. The Morgan fingerprint density at radius 2 is 1.58 bits per heavy atom. The first-order chi connectivity index (χ1) is 25.2. The van der Waals surface area contributed by atoms with Crippen molar-refractivity contribution in [3.63, 3.8) is 0 Å². The number of H-pyrrole nitrogens is 2. The van der Waals surface area contributed by atoms with E-state index in [2.05, 4.69) is 49.9 Å². The molecule has 4 aliphatic rings. The largest absolute Gasteiger partial charge is 0.478 e. The van der Waals surface area contributed by atoms with E-state index in [0.29, 0.717) is 39.8 Å². The van der Waals surface area contributed by atoms with Crippen LogP contribution in [-0.4, -0.2) is 55.9 Å². The van der Waals surface area contributed by atoms with Gasteiger partial charge in [0.1, 0.15) is 0 Å². The van der Waals surface area contributed by atoms with Gasteiger partial charge in [0.25, 0.3) is 11.8 Å². The number of benzene rings is 1. The number of carbonyl (C=O) groups excluding carboxylic acids is 3. The van der Waals surface area contributed by atoms with Gasteiger partial charge < -0.3 is 19.8 Å². The van der Waals surface area contributed by atoms with Gasteiger partial charge in [-0.1, -0.05) is 39.8 Å². The molecule has 7 rings (SSSR count). The molecule has 272 valence electrons. The molecular formula is C42H43N5O6. The summed E-state index contributed by atoms with van der Waals surface area (Å²) in [5, 5.41) is 12.3. The number of esters is 1. The number of carboxylic acids is 1. The molecule has 0 radical (unpaired) electrons. The maximum absolute atomic E-state index is 14.0. The van der Waals surface area contributed by atoms with Gasteiger partial charge in [0.05, 0.1) is 52.1 Å². The summed E-state index contributed by atoms with van der Waals surface area (Å²) >= 11 is 0. The Morgan fingerprint density at radius 1 is 0.887 bits per heavy atom. The highest BCUT2D eigenvalue weighted by Crippen LogP contribution is 2.48. The number of amides is 2. The molecule has 0 saturated carbocycles. The summed E-state index contributed by atoms with van der Waals surface area (Å²) < 4.78 is 5.03. The summed E-state index contributed by atoms with van der Waals surface area (Å²) in [7, 11) is 1.35. The second kappa shape index (κ2) is 13.3. The first-order valence-electron chi connectivity index (χ1n) is 18.0. The van der Waals surface area contributed by atoms with Crippen molar-refractivity contribution >= 4 is 57.1 Å². The van der Waals surface area contributed by atoms with Gasteiger partial charge in [0, 0.05) is 40.7 Å². The van der Waals surface area contributed by atoms with Crippen LogP contribution >= 0.6 is 0 Å². The van der Waals surface area contributed by atoms with Gasteiger partial charge >= 0.3 is 11.9 Å². The molecule has 4 N–H and O–H groups in total. The normalized spacial score (nSPS) is 17.4. The van der Waals surface area contributed by atoms with Crippen LogP contribution in [0.1, 0.15) is 143 Å². The second-order valence-corrected chi connectivity index (χ2v) is 14.5. The lowest BCUT2D eigenvalue weighted by Gasteiger charge is -2.21. The highest BCUT2D eigenvalue weighted by Gasteiger charge is 2.38. The summed E-state index contributed by atoms with van der Waals surface area (Å²) in [4.78, 5) is 69.6. The van der Waals surface area contributed by atoms with Crippen LogP contribution in [0, 0.1) is 12.8 Å². The van der Waals surface area contributed by atoms with E-state index >= 15 is 0 Å². The van der Waals surface area contributed by atoms with Gasteiger partial charge in [0.2, 0.25) is 0 Å². The first-order valence-corrected chi connectivity index (χ1v) is 18.0. The lowest BCUT2D eigenvalue weighted by molar-refractivity contribution is -0.140. The minimum absolute atomic E-state index is 0.101. The number of allylic oxidation sites excluding steroid dienone is 4. The standard InChI is InChI=1S/C42H43N5O6/c1-9-25-19(4)27-17-30-32(18(2)3)22(7)37(45-30)34(23-10-12-24(13-11-23)42(51)52)36-20(5)26(14-15-31(48)53-8)38(46-36)35-39-33(40(49)47-41(35)50)21(6)28(44-39)16-29(25)43-27/h10-13,16-18,20,26,44,46H,9,14-15H2,1-8H3,(H,51,52)(H,47,49,50)/t20-,26-/m0/s1. The zero-order chi connectivity index (χ0) is 38.0. The number of aromatic amines is 2. The number of aromatic nitrogens is 4. The fourth-order valence-electron chi connectivity index (χ4n) is 8.40. The van der Waals surface area contributed by atoms with E-state index in [4.69, 9.17) is 14.7 Å². The molecule has 1 aromatic carbocycles. The van der Waals surface area contributed by atoms with Crippen LogP contribution < -0.4 is 5.32 Å². The number of nitrogens with zero attached hydrogens (tertiary/aromatic N) is 2. The van der Waals surface area contributed by atoms with Gasteiger partial charge in [-0.3, -0.25) is 19.7 Å². The second-order valence-electron chi connectivity index (χ2n) is 14.5. The van der Waals surface area contributed by atoms with E-state index in [-0.39, 0.29) is 35.7 Å². The molecule has 11 nitrogen and oxygen atoms in total. The Hall–Kier alpha value is -5.84. The number of methoxy groups -OCH3 is 1. The maximum Gasteiger partial charge on any atom is 0.335 e. The number of nitrogens with one attached hydrogen (secondary N) is 3. The molecule has 0 fully saturated rings. The molecule has 2 aromatic heterocycles. The molecule has 2 amide bonds. The molecule has 4 aliphatic heterocycles. The summed E-state index contributed by atoms with van der Waals surface area (Å²) in [6.45, 7) is 14.4. The Balaban J connectivity index is 1.72. The summed E-state index contributed by atoms with van der Waals surface area (Å²) in [5.41, 5.74) is 12.6. The van der Waals surface area contributed by atoms with Crippen LogP contribution in [0.4, 0.5) is 0 Å². The fraction of sp³-hybridized carbons (Fsp3) is 0.333. The number of carboxylic acid groups (broad SMARTS) is 1. The van der Waals surface area contributed by atoms with Gasteiger partial charge in [-0.25, -0.2) is 14.8 Å². The Bertz CT molecular complexity index is 2410. The highest BCUT2D eigenvalue weighted by atomic mass is 16.5. The number of imide groups is 1. The lowest BCUT2D eigenvalue weighted by Crippen LogP contribution is -2.35. The van der Waals surface area contributed by atoms with Gasteiger partial charge in [0.15, 0.2) is 0 Å². The molecule has 53 heavy (non-hydrogen) atoms. The van der Waals surface area contributed by atoms with Crippen LogP contribution in [0.3, 0.4) is 0 Å².